The molecule has 0 atom stereocenters. The summed E-state index contributed by atoms with van der Waals surface area (Å²) in [6, 6.07) is 0.806. The van der Waals surface area contributed by atoms with Gasteiger partial charge in [0.1, 0.15) is 0 Å². The first-order valence-electron chi connectivity index (χ1n) is 3.48. The van der Waals surface area contributed by atoms with E-state index in [1.807, 2.05) is 0 Å². The molecule has 6 heteroatoms. The fourth-order valence-corrected chi connectivity index (χ4v) is 2.97. The smallest absolute Gasteiger partial charge is 0.793 e. The average Bonchev–Trinajstić information content (AvgIpc) is 2.08. The van der Waals surface area contributed by atoms with Gasteiger partial charge in [-0.2, -0.15) is 5.75 Å². The van der Waals surface area contributed by atoms with Crippen molar-refractivity contribution in [3.8, 4) is 0 Å². The van der Waals surface area contributed by atoms with Gasteiger partial charge in [-0.05, 0) is 0 Å². The van der Waals surface area contributed by atoms with Crippen molar-refractivity contribution in [2.75, 3.05) is 27.1 Å². The van der Waals surface area contributed by atoms with Gasteiger partial charge in [0.05, 0.1) is 0 Å². The normalized spacial score (nSPS) is 11.0. The van der Waals surface area contributed by atoms with Crippen molar-refractivity contribution >= 4 is 21.4 Å². The summed E-state index contributed by atoms with van der Waals surface area (Å²) in [6.45, 7) is 0. The van der Waals surface area contributed by atoms with E-state index in [9.17, 15) is 0 Å². The first kappa shape index (κ1) is 16.5. The van der Waals surface area contributed by atoms with Gasteiger partial charge in [-0.1, -0.05) is 6.42 Å². The molecule has 0 aliphatic heterocycles. The molecule has 0 aromatic heterocycles. The zero-order valence-electron chi connectivity index (χ0n) is 8.25. The van der Waals surface area contributed by atoms with Crippen LogP contribution in [0.4, 0.5) is 0 Å². The van der Waals surface area contributed by atoms with Gasteiger partial charge in [0, 0.05) is 27.4 Å². The molecular formula is C6H15KO3SSi. The van der Waals surface area contributed by atoms with E-state index in [1.54, 1.807) is 21.3 Å². The second-order valence-electron chi connectivity index (χ2n) is 2.10. The van der Waals surface area contributed by atoms with Crippen LogP contribution in [0.5, 0.6) is 0 Å². The van der Waals surface area contributed by atoms with Crippen molar-refractivity contribution < 1.29 is 64.7 Å². The minimum absolute atomic E-state index is 0. The molecule has 0 N–H and O–H groups in total. The van der Waals surface area contributed by atoms with Crippen molar-refractivity contribution in [3.05, 3.63) is 0 Å². The Hall–Kier alpha value is 2.08. The van der Waals surface area contributed by atoms with Crippen molar-refractivity contribution in [2.45, 2.75) is 12.5 Å². The molecule has 12 heavy (non-hydrogen) atoms. The van der Waals surface area contributed by atoms with Crippen LogP contribution < -0.4 is 51.4 Å². The third-order valence-corrected chi connectivity index (χ3v) is 4.68. The van der Waals surface area contributed by atoms with E-state index in [0.29, 0.717) is 0 Å². The van der Waals surface area contributed by atoms with Gasteiger partial charge in [0.15, 0.2) is 0 Å². The molecule has 0 fully saturated rings. The zero-order valence-corrected chi connectivity index (χ0v) is 13.2. The molecular weight excluding hydrogens is 219 g/mol. The van der Waals surface area contributed by atoms with E-state index in [-0.39, 0.29) is 51.4 Å². The average molecular weight is 234 g/mol. The van der Waals surface area contributed by atoms with Crippen molar-refractivity contribution in [1.82, 2.24) is 0 Å². The molecule has 0 aromatic carbocycles. The molecule has 0 amide bonds. The van der Waals surface area contributed by atoms with Crippen LogP contribution >= 0.6 is 0 Å². The maximum absolute atomic E-state index is 5.19. The van der Waals surface area contributed by atoms with Crippen molar-refractivity contribution in [1.29, 1.82) is 0 Å². The van der Waals surface area contributed by atoms with Crippen molar-refractivity contribution in [3.63, 3.8) is 0 Å². The van der Waals surface area contributed by atoms with E-state index in [2.05, 4.69) is 0 Å². The second kappa shape index (κ2) is 9.63. The largest absolute Gasteiger partial charge is 1.00 e. The molecule has 0 unspecified atom stereocenters. The van der Waals surface area contributed by atoms with E-state index in [4.69, 9.17) is 25.9 Å². The van der Waals surface area contributed by atoms with Gasteiger partial charge in [0.25, 0.3) is 0 Å². The fourth-order valence-electron chi connectivity index (χ4n) is 0.845. The third-order valence-electron chi connectivity index (χ3n) is 1.56. The Labute approximate surface area is 124 Å². The first-order chi connectivity index (χ1) is 5.24. The summed E-state index contributed by atoms with van der Waals surface area (Å²) in [4.78, 5) is 0. The van der Waals surface area contributed by atoms with Crippen molar-refractivity contribution in [2.24, 2.45) is 0 Å². The second-order valence-corrected chi connectivity index (χ2v) is 5.60. The predicted octanol–water partition coefficient (Wildman–Crippen LogP) is -2.19. The molecule has 3 nitrogen and oxygen atoms in total. The Morgan fingerprint density at radius 2 is 1.50 bits per heavy atom. The van der Waals surface area contributed by atoms with Crippen LogP contribution in [0.3, 0.4) is 0 Å². The summed E-state index contributed by atoms with van der Waals surface area (Å²) in [5.74, 6) is 0.727. The number of hydrogen-bond acceptors (Lipinski definition) is 4. The predicted molar refractivity (Wildman–Crippen MR) is 48.4 cm³/mol. The summed E-state index contributed by atoms with van der Waals surface area (Å²) in [5.41, 5.74) is 0. The molecule has 0 aliphatic rings. The molecule has 0 saturated carbocycles. The van der Waals surface area contributed by atoms with Gasteiger partial charge < -0.3 is 25.9 Å². The topological polar surface area (TPSA) is 27.7 Å². The summed E-state index contributed by atoms with van der Waals surface area (Å²) in [7, 11) is 2.54. The Balaban J connectivity index is 0. The summed E-state index contributed by atoms with van der Waals surface area (Å²) in [5, 5.41) is 0. The Morgan fingerprint density at radius 1 is 1.08 bits per heavy atom. The Kier molecular flexibility index (Phi) is 13.3. The van der Waals surface area contributed by atoms with Crippen LogP contribution in [0.25, 0.3) is 0 Å². The molecule has 0 spiro atoms. The Morgan fingerprint density at radius 3 is 1.75 bits per heavy atom. The summed E-state index contributed by atoms with van der Waals surface area (Å²) in [6.07, 6.45) is 0.914. The quantitative estimate of drug-likeness (QED) is 0.385. The SMILES string of the molecule is CO[Si](CCC[S-])(OC)OC.[K+]. The molecule has 68 valence electrons. The van der Waals surface area contributed by atoms with E-state index >= 15 is 0 Å². The molecule has 0 bridgehead atoms. The van der Waals surface area contributed by atoms with Gasteiger partial charge in [-0.15, -0.1) is 0 Å². The van der Waals surface area contributed by atoms with Gasteiger partial charge in [-0.25, -0.2) is 0 Å². The van der Waals surface area contributed by atoms with Crippen LogP contribution in [0.1, 0.15) is 6.42 Å². The van der Waals surface area contributed by atoms with E-state index in [0.717, 1.165) is 18.2 Å². The molecule has 0 aliphatic carbocycles. The minimum Gasteiger partial charge on any atom is -0.793 e. The maximum atomic E-state index is 5.19. The molecule has 0 aromatic rings. The maximum Gasteiger partial charge on any atom is 1.00 e. The van der Waals surface area contributed by atoms with E-state index in [1.165, 1.54) is 0 Å². The zero-order chi connectivity index (χ0) is 8.74. The Bertz CT molecular complexity index is 94.5. The molecule has 0 heterocycles. The minimum atomic E-state index is -2.31. The summed E-state index contributed by atoms with van der Waals surface area (Å²) >= 11 is 4.82. The number of rotatable bonds is 6. The van der Waals surface area contributed by atoms with Crippen LogP contribution in [-0.2, 0) is 25.9 Å². The monoisotopic (exact) mass is 234 g/mol. The molecule has 0 rings (SSSR count). The summed E-state index contributed by atoms with van der Waals surface area (Å²) < 4.78 is 15.6. The van der Waals surface area contributed by atoms with Crippen LogP contribution in [0.2, 0.25) is 6.04 Å². The fraction of sp³-hybridized carbons (Fsp3) is 1.00. The molecule has 0 radical (unpaired) electrons. The van der Waals surface area contributed by atoms with Gasteiger partial charge in [-0.3, -0.25) is 0 Å². The van der Waals surface area contributed by atoms with Crippen LogP contribution in [0, 0.1) is 0 Å². The van der Waals surface area contributed by atoms with Crippen LogP contribution in [-0.4, -0.2) is 35.9 Å². The van der Waals surface area contributed by atoms with Crippen LogP contribution in [0.15, 0.2) is 0 Å². The molecule has 0 saturated heterocycles. The van der Waals surface area contributed by atoms with E-state index < -0.39 is 8.80 Å². The standard InChI is InChI=1S/C6H16O3SSi.K/c1-7-11(8-2,9-3)6-4-5-10;/h10H,4-6H2,1-3H3;/q;+1/p-1. The first-order valence-corrected chi connectivity index (χ1v) is 5.99. The third kappa shape index (κ3) is 5.74. The van der Waals surface area contributed by atoms with Gasteiger partial charge in [0.2, 0.25) is 0 Å². The van der Waals surface area contributed by atoms with Gasteiger partial charge >= 0.3 is 60.2 Å². The number of hydrogen-bond donors (Lipinski definition) is 0.